The lowest BCUT2D eigenvalue weighted by Gasteiger charge is -2.08. The van der Waals surface area contributed by atoms with E-state index in [-0.39, 0.29) is 0 Å². The van der Waals surface area contributed by atoms with Gasteiger partial charge in [0, 0.05) is 16.6 Å². The van der Waals surface area contributed by atoms with Gasteiger partial charge in [-0.3, -0.25) is 4.79 Å². The van der Waals surface area contributed by atoms with Crippen molar-refractivity contribution in [1.29, 1.82) is 0 Å². The lowest BCUT2D eigenvalue weighted by molar-refractivity contribution is 0.100. The second kappa shape index (κ2) is 4.24. The average molecular weight is 233 g/mol. The van der Waals surface area contributed by atoms with Crippen molar-refractivity contribution < 1.29 is 4.79 Å². The molecule has 0 saturated heterocycles. The molecule has 0 spiro atoms. The molecule has 82 valence electrons. The Labute approximate surface area is 96.9 Å². The maximum atomic E-state index is 10.9. The number of thiophene rings is 1. The van der Waals surface area contributed by atoms with Crippen molar-refractivity contribution in [2.24, 2.45) is 5.73 Å². The Morgan fingerprint density at radius 3 is 2.69 bits per heavy atom. The number of benzene rings is 1. The van der Waals surface area contributed by atoms with Crippen LogP contribution in [-0.4, -0.2) is 5.91 Å². The molecule has 0 bridgehead atoms. The van der Waals surface area contributed by atoms with Gasteiger partial charge in [0.25, 0.3) is 0 Å². The molecule has 1 heterocycles. The molecular formula is C11H11N3OS. The highest BCUT2D eigenvalue weighted by Gasteiger charge is 2.04. The fraction of sp³-hybridized carbons (Fsp3) is 0. The molecule has 16 heavy (non-hydrogen) atoms. The average Bonchev–Trinajstić information content (AvgIpc) is 2.73. The highest BCUT2D eigenvalue weighted by atomic mass is 32.1. The van der Waals surface area contributed by atoms with Crippen molar-refractivity contribution in [3.8, 4) is 0 Å². The zero-order valence-electron chi connectivity index (χ0n) is 8.44. The highest BCUT2D eigenvalue weighted by Crippen LogP contribution is 2.25. The van der Waals surface area contributed by atoms with Crippen LogP contribution in [0, 0.1) is 0 Å². The predicted molar refractivity (Wildman–Crippen MR) is 67.0 cm³/mol. The quantitative estimate of drug-likeness (QED) is 0.711. The Morgan fingerprint density at radius 1 is 1.31 bits per heavy atom. The number of primary amides is 1. The van der Waals surface area contributed by atoms with Crippen LogP contribution in [0.5, 0.6) is 0 Å². The summed E-state index contributed by atoms with van der Waals surface area (Å²) in [4.78, 5) is 10.9. The van der Waals surface area contributed by atoms with Crippen LogP contribution in [0.4, 0.5) is 17.1 Å². The molecule has 0 radical (unpaired) electrons. The first-order chi connectivity index (χ1) is 7.66. The zero-order chi connectivity index (χ0) is 11.5. The van der Waals surface area contributed by atoms with E-state index in [0.717, 1.165) is 11.4 Å². The Kier molecular flexibility index (Phi) is 2.78. The van der Waals surface area contributed by atoms with Crippen LogP contribution in [0.15, 0.2) is 35.0 Å². The largest absolute Gasteiger partial charge is 0.397 e. The van der Waals surface area contributed by atoms with Crippen molar-refractivity contribution in [2.75, 3.05) is 11.1 Å². The van der Waals surface area contributed by atoms with Crippen LogP contribution in [0.25, 0.3) is 0 Å². The smallest absolute Gasteiger partial charge is 0.248 e. The van der Waals surface area contributed by atoms with Gasteiger partial charge in [0.1, 0.15) is 0 Å². The maximum absolute atomic E-state index is 10.9. The third-order valence-electron chi connectivity index (χ3n) is 2.14. The van der Waals surface area contributed by atoms with Gasteiger partial charge in [-0.05, 0) is 29.6 Å². The molecule has 0 saturated carbocycles. The Morgan fingerprint density at radius 2 is 2.12 bits per heavy atom. The van der Waals surface area contributed by atoms with E-state index < -0.39 is 5.91 Å². The van der Waals surface area contributed by atoms with Gasteiger partial charge in [0.15, 0.2) is 0 Å². The third-order valence-corrected chi connectivity index (χ3v) is 2.82. The van der Waals surface area contributed by atoms with Crippen LogP contribution >= 0.6 is 11.3 Å². The summed E-state index contributed by atoms with van der Waals surface area (Å²) < 4.78 is 0. The van der Waals surface area contributed by atoms with Gasteiger partial charge in [-0.1, -0.05) is 0 Å². The fourth-order valence-electron chi connectivity index (χ4n) is 1.32. The molecule has 0 aliphatic heterocycles. The van der Waals surface area contributed by atoms with E-state index in [4.69, 9.17) is 11.5 Å². The van der Waals surface area contributed by atoms with Gasteiger partial charge in [-0.25, -0.2) is 0 Å². The van der Waals surface area contributed by atoms with Crippen molar-refractivity contribution in [3.63, 3.8) is 0 Å². The molecule has 5 heteroatoms. The summed E-state index contributed by atoms with van der Waals surface area (Å²) in [5, 5.41) is 7.09. The molecule has 0 unspecified atom stereocenters. The van der Waals surface area contributed by atoms with Gasteiger partial charge in [0.05, 0.1) is 11.4 Å². The molecule has 2 aromatic rings. The third kappa shape index (κ3) is 2.14. The van der Waals surface area contributed by atoms with Gasteiger partial charge in [-0.2, -0.15) is 11.3 Å². The summed E-state index contributed by atoms with van der Waals surface area (Å²) in [6, 6.07) is 6.91. The molecule has 2 rings (SSSR count). The SMILES string of the molecule is NC(=O)c1ccc(Nc2ccsc2)c(N)c1. The minimum Gasteiger partial charge on any atom is -0.397 e. The van der Waals surface area contributed by atoms with E-state index in [9.17, 15) is 4.79 Å². The van der Waals surface area contributed by atoms with Crippen LogP contribution in [0.3, 0.4) is 0 Å². The lowest BCUT2D eigenvalue weighted by atomic mass is 10.1. The van der Waals surface area contributed by atoms with Crippen LogP contribution in [-0.2, 0) is 0 Å². The number of nitrogens with two attached hydrogens (primary N) is 2. The minimum atomic E-state index is -0.478. The molecule has 0 atom stereocenters. The number of amides is 1. The minimum absolute atomic E-state index is 0.411. The lowest BCUT2D eigenvalue weighted by Crippen LogP contribution is -2.11. The maximum Gasteiger partial charge on any atom is 0.248 e. The summed E-state index contributed by atoms with van der Waals surface area (Å²) in [6.07, 6.45) is 0. The van der Waals surface area contributed by atoms with E-state index in [2.05, 4.69) is 5.32 Å². The molecule has 1 aromatic heterocycles. The van der Waals surface area contributed by atoms with E-state index >= 15 is 0 Å². The highest BCUT2D eigenvalue weighted by molar-refractivity contribution is 7.08. The molecule has 0 aliphatic carbocycles. The number of nitrogen functional groups attached to an aromatic ring is 1. The van der Waals surface area contributed by atoms with Crippen LogP contribution in [0.2, 0.25) is 0 Å². The number of carbonyl (C=O) groups is 1. The fourth-order valence-corrected chi connectivity index (χ4v) is 1.91. The normalized spacial score (nSPS) is 10.0. The van der Waals surface area contributed by atoms with Crippen LogP contribution < -0.4 is 16.8 Å². The molecule has 5 N–H and O–H groups in total. The second-order valence-electron chi connectivity index (χ2n) is 3.30. The Bertz CT molecular complexity index is 508. The number of anilines is 3. The van der Waals surface area contributed by atoms with Gasteiger partial charge in [0.2, 0.25) is 5.91 Å². The number of hydrogen-bond acceptors (Lipinski definition) is 4. The van der Waals surface area contributed by atoms with Gasteiger partial charge >= 0.3 is 0 Å². The summed E-state index contributed by atoms with van der Waals surface area (Å²) in [5.41, 5.74) is 13.6. The monoisotopic (exact) mass is 233 g/mol. The van der Waals surface area contributed by atoms with Crippen molar-refractivity contribution in [2.45, 2.75) is 0 Å². The molecule has 0 aliphatic rings. The number of nitrogens with one attached hydrogen (secondary N) is 1. The summed E-state index contributed by atoms with van der Waals surface area (Å²) in [7, 11) is 0. The Balaban J connectivity index is 2.26. The molecule has 1 aromatic carbocycles. The molecule has 4 nitrogen and oxygen atoms in total. The number of rotatable bonds is 3. The van der Waals surface area contributed by atoms with E-state index in [1.54, 1.807) is 29.5 Å². The first-order valence-corrected chi connectivity index (χ1v) is 5.59. The molecule has 0 fully saturated rings. The topological polar surface area (TPSA) is 81.1 Å². The van der Waals surface area contributed by atoms with E-state index in [0.29, 0.717) is 11.3 Å². The number of carbonyl (C=O) groups excluding carboxylic acids is 1. The zero-order valence-corrected chi connectivity index (χ0v) is 9.25. The standard InChI is InChI=1S/C11H11N3OS/c12-9-5-7(11(13)15)1-2-10(9)14-8-3-4-16-6-8/h1-6,14H,12H2,(H2,13,15). The molecular weight excluding hydrogens is 222 g/mol. The van der Waals surface area contributed by atoms with E-state index in [1.807, 2.05) is 16.8 Å². The first kappa shape index (κ1) is 10.5. The molecule has 1 amide bonds. The van der Waals surface area contributed by atoms with Gasteiger partial charge < -0.3 is 16.8 Å². The predicted octanol–water partition coefficient (Wildman–Crippen LogP) is 2.17. The summed E-state index contributed by atoms with van der Waals surface area (Å²) in [6.45, 7) is 0. The first-order valence-electron chi connectivity index (χ1n) is 4.65. The van der Waals surface area contributed by atoms with Crippen LogP contribution in [0.1, 0.15) is 10.4 Å². The van der Waals surface area contributed by atoms with Crippen molar-refractivity contribution >= 4 is 34.3 Å². The number of hydrogen-bond donors (Lipinski definition) is 3. The van der Waals surface area contributed by atoms with Crippen molar-refractivity contribution in [3.05, 3.63) is 40.6 Å². The van der Waals surface area contributed by atoms with Crippen molar-refractivity contribution in [1.82, 2.24) is 0 Å². The van der Waals surface area contributed by atoms with Gasteiger partial charge in [-0.15, -0.1) is 0 Å². The second-order valence-corrected chi connectivity index (χ2v) is 4.08. The Hall–Kier alpha value is -2.01. The summed E-state index contributed by atoms with van der Waals surface area (Å²) in [5.74, 6) is -0.478. The van der Waals surface area contributed by atoms with E-state index in [1.165, 1.54) is 0 Å². The summed E-state index contributed by atoms with van der Waals surface area (Å²) >= 11 is 1.60.